The summed E-state index contributed by atoms with van der Waals surface area (Å²) in [7, 11) is 0. The summed E-state index contributed by atoms with van der Waals surface area (Å²) in [6.45, 7) is 5.23. The van der Waals surface area contributed by atoms with Gasteiger partial charge in [-0.2, -0.15) is 0 Å². The maximum Gasteiger partial charge on any atom is 0.267 e. The zero-order valence-corrected chi connectivity index (χ0v) is 11.9. The second-order valence-corrected chi connectivity index (χ2v) is 4.80. The van der Waals surface area contributed by atoms with E-state index in [-0.39, 0.29) is 22.1 Å². The third kappa shape index (κ3) is 3.22. The fraction of sp³-hybridized carbons (Fsp3) is 0.125. The van der Waals surface area contributed by atoms with Crippen molar-refractivity contribution in [3.63, 3.8) is 0 Å². The number of para-hydroxylation sites is 1. The van der Waals surface area contributed by atoms with Crippen molar-refractivity contribution in [3.05, 3.63) is 70.5 Å². The molecule has 0 saturated carbocycles. The molecule has 0 saturated heterocycles. The molecule has 0 aliphatic heterocycles. The summed E-state index contributed by atoms with van der Waals surface area (Å²) in [5.74, 6) is -0.532. The number of alkyl halides is 2. The van der Waals surface area contributed by atoms with Crippen LogP contribution in [0.2, 0.25) is 5.02 Å². The SMILES string of the molecule is C=C(Oc1c(Cl)cccc1C(F)F)c1cccc(F)c1C. The molecule has 0 fully saturated rings. The molecule has 110 valence electrons. The standard InChI is InChI=1S/C16H12ClF3O/c1-9-11(5-4-8-14(9)18)10(2)21-15-12(16(19)20)6-3-7-13(15)17/h3-8,16H,2H2,1H3. The minimum absolute atomic E-state index is 0.0445. The highest BCUT2D eigenvalue weighted by Gasteiger charge is 2.19. The van der Waals surface area contributed by atoms with Crippen molar-refractivity contribution in [2.24, 2.45) is 0 Å². The molecular weight excluding hydrogens is 301 g/mol. The summed E-state index contributed by atoms with van der Waals surface area (Å²) in [6.07, 6.45) is -2.74. The van der Waals surface area contributed by atoms with Gasteiger partial charge in [-0.1, -0.05) is 36.4 Å². The molecule has 0 amide bonds. The molecular formula is C16H12ClF3O. The molecule has 0 aliphatic carbocycles. The van der Waals surface area contributed by atoms with Crippen molar-refractivity contribution < 1.29 is 17.9 Å². The second kappa shape index (κ2) is 6.22. The fourth-order valence-corrected chi connectivity index (χ4v) is 2.11. The smallest absolute Gasteiger partial charge is 0.267 e. The number of rotatable bonds is 4. The molecule has 2 aromatic rings. The van der Waals surface area contributed by atoms with Crippen LogP contribution in [0.25, 0.3) is 5.76 Å². The molecule has 1 nitrogen and oxygen atoms in total. The van der Waals surface area contributed by atoms with E-state index >= 15 is 0 Å². The van der Waals surface area contributed by atoms with Crippen LogP contribution >= 0.6 is 11.6 Å². The highest BCUT2D eigenvalue weighted by atomic mass is 35.5. The lowest BCUT2D eigenvalue weighted by molar-refractivity contribution is 0.148. The lowest BCUT2D eigenvalue weighted by Crippen LogP contribution is -2.01. The van der Waals surface area contributed by atoms with Gasteiger partial charge < -0.3 is 4.74 Å². The molecule has 2 aromatic carbocycles. The minimum atomic E-state index is -2.74. The van der Waals surface area contributed by atoms with Gasteiger partial charge in [-0.15, -0.1) is 0 Å². The average molecular weight is 313 g/mol. The van der Waals surface area contributed by atoms with Crippen LogP contribution in [0, 0.1) is 12.7 Å². The Kier molecular flexibility index (Phi) is 4.58. The Balaban J connectivity index is 2.39. The van der Waals surface area contributed by atoms with E-state index in [1.54, 1.807) is 13.0 Å². The zero-order chi connectivity index (χ0) is 15.6. The number of ether oxygens (including phenoxy) is 1. The molecule has 21 heavy (non-hydrogen) atoms. The van der Waals surface area contributed by atoms with Gasteiger partial charge in [0.2, 0.25) is 0 Å². The first-order valence-corrected chi connectivity index (χ1v) is 6.48. The third-order valence-corrected chi connectivity index (χ3v) is 3.32. The summed E-state index contributed by atoms with van der Waals surface area (Å²) < 4.78 is 44.9. The van der Waals surface area contributed by atoms with Gasteiger partial charge in [-0.25, -0.2) is 13.2 Å². The van der Waals surface area contributed by atoms with Gasteiger partial charge in [-0.05, 0) is 30.7 Å². The van der Waals surface area contributed by atoms with E-state index in [4.69, 9.17) is 16.3 Å². The first-order valence-electron chi connectivity index (χ1n) is 6.10. The maximum absolute atomic E-state index is 13.5. The largest absolute Gasteiger partial charge is 0.455 e. The number of hydrogen-bond acceptors (Lipinski definition) is 1. The van der Waals surface area contributed by atoms with E-state index in [0.717, 1.165) is 0 Å². The van der Waals surface area contributed by atoms with Crippen molar-refractivity contribution in [2.75, 3.05) is 0 Å². The molecule has 0 unspecified atom stereocenters. The monoisotopic (exact) mass is 312 g/mol. The van der Waals surface area contributed by atoms with Crippen LogP contribution in [0.15, 0.2) is 43.0 Å². The topological polar surface area (TPSA) is 9.23 Å². The highest BCUT2D eigenvalue weighted by molar-refractivity contribution is 6.32. The Morgan fingerprint density at radius 2 is 1.86 bits per heavy atom. The lowest BCUT2D eigenvalue weighted by Gasteiger charge is -2.15. The van der Waals surface area contributed by atoms with Gasteiger partial charge in [0.1, 0.15) is 11.6 Å². The van der Waals surface area contributed by atoms with Gasteiger partial charge in [0.15, 0.2) is 5.75 Å². The van der Waals surface area contributed by atoms with E-state index in [2.05, 4.69) is 6.58 Å². The molecule has 0 aliphatic rings. The van der Waals surface area contributed by atoms with Gasteiger partial charge in [-0.3, -0.25) is 0 Å². The number of hydrogen-bond donors (Lipinski definition) is 0. The van der Waals surface area contributed by atoms with Crippen molar-refractivity contribution in [2.45, 2.75) is 13.3 Å². The van der Waals surface area contributed by atoms with Crippen LogP contribution in [0.4, 0.5) is 13.2 Å². The molecule has 0 bridgehead atoms. The predicted octanol–water partition coefficient (Wildman–Crippen LogP) is 5.77. The highest BCUT2D eigenvalue weighted by Crippen LogP contribution is 2.37. The van der Waals surface area contributed by atoms with Crippen LogP contribution in [-0.4, -0.2) is 0 Å². The van der Waals surface area contributed by atoms with Crippen LogP contribution in [0.3, 0.4) is 0 Å². The first-order chi connectivity index (χ1) is 9.91. The second-order valence-electron chi connectivity index (χ2n) is 4.40. The Hall–Kier alpha value is -1.94. The van der Waals surface area contributed by atoms with Gasteiger partial charge in [0.25, 0.3) is 6.43 Å². The molecule has 0 radical (unpaired) electrons. The van der Waals surface area contributed by atoms with Gasteiger partial charge in [0.05, 0.1) is 10.6 Å². The van der Waals surface area contributed by atoms with Crippen molar-refractivity contribution in [1.29, 1.82) is 0 Å². The molecule has 0 aromatic heterocycles. The van der Waals surface area contributed by atoms with Crippen LogP contribution < -0.4 is 4.74 Å². The predicted molar refractivity (Wildman–Crippen MR) is 77.2 cm³/mol. The zero-order valence-electron chi connectivity index (χ0n) is 11.2. The van der Waals surface area contributed by atoms with E-state index < -0.39 is 12.2 Å². The summed E-state index contributed by atoms with van der Waals surface area (Å²) >= 11 is 5.90. The van der Waals surface area contributed by atoms with E-state index in [0.29, 0.717) is 11.1 Å². The van der Waals surface area contributed by atoms with Crippen LogP contribution in [-0.2, 0) is 0 Å². The third-order valence-electron chi connectivity index (χ3n) is 3.03. The van der Waals surface area contributed by atoms with Gasteiger partial charge in [0, 0.05) is 5.56 Å². The maximum atomic E-state index is 13.5. The van der Waals surface area contributed by atoms with E-state index in [1.807, 2.05) is 0 Å². The Morgan fingerprint density at radius 1 is 1.19 bits per heavy atom. The molecule has 5 heteroatoms. The lowest BCUT2D eigenvalue weighted by atomic mass is 10.1. The molecule has 2 rings (SSSR count). The van der Waals surface area contributed by atoms with Crippen molar-refractivity contribution in [1.82, 2.24) is 0 Å². The fourth-order valence-electron chi connectivity index (χ4n) is 1.89. The van der Waals surface area contributed by atoms with E-state index in [9.17, 15) is 13.2 Å². The number of benzene rings is 2. The first kappa shape index (κ1) is 15.4. The van der Waals surface area contributed by atoms with Crippen molar-refractivity contribution >= 4 is 17.4 Å². The van der Waals surface area contributed by atoms with E-state index in [1.165, 1.54) is 30.3 Å². The molecule has 0 N–H and O–H groups in total. The number of halogens is 4. The van der Waals surface area contributed by atoms with Crippen LogP contribution in [0.5, 0.6) is 5.75 Å². The Labute approximate surface area is 125 Å². The molecule has 0 heterocycles. The quantitative estimate of drug-likeness (QED) is 0.651. The Bertz CT molecular complexity index is 683. The summed E-state index contributed by atoms with van der Waals surface area (Å²) in [5.41, 5.74) is 0.390. The average Bonchev–Trinajstić information content (AvgIpc) is 2.43. The van der Waals surface area contributed by atoms with Crippen LogP contribution in [0.1, 0.15) is 23.1 Å². The molecule has 0 spiro atoms. The molecule has 0 atom stereocenters. The minimum Gasteiger partial charge on any atom is -0.455 e. The Morgan fingerprint density at radius 3 is 2.52 bits per heavy atom. The van der Waals surface area contributed by atoms with Gasteiger partial charge >= 0.3 is 0 Å². The summed E-state index contributed by atoms with van der Waals surface area (Å²) in [5, 5.41) is 0.0445. The summed E-state index contributed by atoms with van der Waals surface area (Å²) in [6, 6.07) is 8.46. The van der Waals surface area contributed by atoms with Crippen molar-refractivity contribution in [3.8, 4) is 5.75 Å². The summed E-state index contributed by atoms with van der Waals surface area (Å²) in [4.78, 5) is 0. The normalized spacial score (nSPS) is 10.8.